The Bertz CT molecular complexity index is 1250. The van der Waals surface area contributed by atoms with E-state index in [-0.39, 0.29) is 5.56 Å². The number of H-pyrrole nitrogens is 1. The monoisotopic (exact) mass is 354 g/mol. The van der Waals surface area contributed by atoms with Gasteiger partial charge in [0.2, 0.25) is 0 Å². The summed E-state index contributed by atoms with van der Waals surface area (Å²) in [6, 6.07) is 17.5. The van der Waals surface area contributed by atoms with Crippen molar-refractivity contribution in [2.75, 3.05) is 0 Å². The number of aromatic amines is 1. The van der Waals surface area contributed by atoms with Crippen LogP contribution in [-0.4, -0.2) is 14.6 Å². The molecule has 0 saturated heterocycles. The van der Waals surface area contributed by atoms with Gasteiger partial charge in [0.15, 0.2) is 0 Å². The second kappa shape index (κ2) is 6.26. The van der Waals surface area contributed by atoms with Crippen LogP contribution in [0.3, 0.4) is 0 Å². The van der Waals surface area contributed by atoms with Crippen molar-refractivity contribution in [3.63, 3.8) is 0 Å². The molecule has 0 aliphatic carbocycles. The molecule has 2 aromatic heterocycles. The van der Waals surface area contributed by atoms with Crippen molar-refractivity contribution in [1.82, 2.24) is 14.6 Å². The predicted molar refractivity (Wildman–Crippen MR) is 106 cm³/mol. The first-order valence-electron chi connectivity index (χ1n) is 8.69. The van der Waals surface area contributed by atoms with E-state index in [2.05, 4.69) is 16.2 Å². The zero-order valence-electron chi connectivity index (χ0n) is 15.4. The molecule has 0 bridgehead atoms. The van der Waals surface area contributed by atoms with Crippen LogP contribution >= 0.6 is 0 Å². The first-order valence-corrected chi connectivity index (χ1v) is 8.69. The summed E-state index contributed by atoms with van der Waals surface area (Å²) in [5, 5.41) is 13.5. The van der Waals surface area contributed by atoms with Crippen molar-refractivity contribution >= 4 is 5.65 Å². The number of nitrogens with one attached hydrogen (secondary N) is 1. The minimum atomic E-state index is -0.149. The van der Waals surface area contributed by atoms with Crippen molar-refractivity contribution < 1.29 is 0 Å². The van der Waals surface area contributed by atoms with Crippen molar-refractivity contribution in [3.8, 4) is 28.5 Å². The highest BCUT2D eigenvalue weighted by Crippen LogP contribution is 2.29. The van der Waals surface area contributed by atoms with Crippen molar-refractivity contribution in [2.45, 2.75) is 20.8 Å². The topological polar surface area (TPSA) is 74.0 Å². The number of fused-ring (bicyclic) bond motifs is 1. The first-order chi connectivity index (χ1) is 13.0. The molecule has 0 unspecified atom stereocenters. The van der Waals surface area contributed by atoms with Gasteiger partial charge in [0.25, 0.3) is 5.56 Å². The summed E-state index contributed by atoms with van der Waals surface area (Å²) in [6.45, 7) is 5.74. The molecule has 0 aliphatic rings. The van der Waals surface area contributed by atoms with Gasteiger partial charge in [0.05, 0.1) is 23.0 Å². The van der Waals surface area contributed by atoms with Gasteiger partial charge in [-0.25, -0.2) is 0 Å². The van der Waals surface area contributed by atoms with E-state index in [0.29, 0.717) is 16.8 Å². The van der Waals surface area contributed by atoms with Crippen molar-refractivity contribution in [3.05, 3.63) is 81.3 Å². The Hall–Kier alpha value is -3.65. The lowest BCUT2D eigenvalue weighted by Crippen LogP contribution is -2.19. The zero-order valence-corrected chi connectivity index (χ0v) is 15.4. The van der Waals surface area contributed by atoms with E-state index in [9.17, 15) is 4.79 Å². The minimum absolute atomic E-state index is 0.149. The minimum Gasteiger partial charge on any atom is -0.339 e. The summed E-state index contributed by atoms with van der Waals surface area (Å²) in [7, 11) is 0. The number of nitriles is 1. The lowest BCUT2D eigenvalue weighted by Gasteiger charge is -2.09. The molecule has 0 atom stereocenters. The van der Waals surface area contributed by atoms with Gasteiger partial charge in [-0.3, -0.25) is 4.79 Å². The van der Waals surface area contributed by atoms with Crippen LogP contribution in [0, 0.1) is 32.1 Å². The quantitative estimate of drug-likeness (QED) is 0.587. The fraction of sp³-hybridized carbons (Fsp3) is 0.136. The third-order valence-corrected chi connectivity index (χ3v) is 4.83. The molecule has 1 N–H and O–H groups in total. The lowest BCUT2D eigenvalue weighted by molar-refractivity contribution is 0.871. The molecule has 4 aromatic rings. The van der Waals surface area contributed by atoms with Gasteiger partial charge in [-0.2, -0.15) is 14.9 Å². The van der Waals surface area contributed by atoms with Gasteiger partial charge in [0.1, 0.15) is 5.65 Å². The van der Waals surface area contributed by atoms with Crippen LogP contribution in [0.15, 0.2) is 53.3 Å². The number of benzene rings is 2. The second-order valence-electron chi connectivity index (χ2n) is 6.71. The smallest absolute Gasteiger partial charge is 0.277 e. The van der Waals surface area contributed by atoms with E-state index in [1.807, 2.05) is 50.2 Å². The zero-order chi connectivity index (χ0) is 19.1. The van der Waals surface area contributed by atoms with E-state index < -0.39 is 0 Å². The number of aryl methyl sites for hydroxylation is 2. The van der Waals surface area contributed by atoms with E-state index in [1.54, 1.807) is 19.1 Å². The van der Waals surface area contributed by atoms with E-state index in [4.69, 9.17) is 5.26 Å². The molecule has 0 amide bonds. The maximum Gasteiger partial charge on any atom is 0.277 e. The molecular formula is C22H18N4O. The molecule has 0 aliphatic heterocycles. The highest BCUT2D eigenvalue weighted by Gasteiger charge is 2.18. The summed E-state index contributed by atoms with van der Waals surface area (Å²) in [4.78, 5) is 16.3. The summed E-state index contributed by atoms with van der Waals surface area (Å²) in [5.74, 6) is 0. The number of rotatable bonds is 2. The number of aromatic nitrogens is 3. The van der Waals surface area contributed by atoms with Crippen molar-refractivity contribution in [2.24, 2.45) is 0 Å². The van der Waals surface area contributed by atoms with E-state index >= 15 is 0 Å². The summed E-state index contributed by atoms with van der Waals surface area (Å²) in [5.41, 5.74) is 7.20. The second-order valence-corrected chi connectivity index (χ2v) is 6.71. The number of nitrogens with zero attached hydrogens (tertiary/aromatic N) is 3. The van der Waals surface area contributed by atoms with Crippen LogP contribution in [0.1, 0.15) is 22.4 Å². The predicted octanol–water partition coefficient (Wildman–Crippen LogP) is 4.15. The number of hydrogen-bond donors (Lipinski definition) is 1. The molecule has 5 nitrogen and oxygen atoms in total. The Labute approximate surface area is 156 Å². The molecule has 4 rings (SSSR count). The van der Waals surface area contributed by atoms with Crippen LogP contribution in [0.4, 0.5) is 0 Å². The Kier molecular flexibility index (Phi) is 3.89. The molecule has 0 fully saturated rings. The van der Waals surface area contributed by atoms with Gasteiger partial charge < -0.3 is 4.98 Å². The van der Waals surface area contributed by atoms with Crippen LogP contribution < -0.4 is 5.56 Å². The van der Waals surface area contributed by atoms with Gasteiger partial charge in [-0.1, -0.05) is 42.0 Å². The van der Waals surface area contributed by atoms with Gasteiger partial charge >= 0.3 is 0 Å². The molecular weight excluding hydrogens is 336 g/mol. The Balaban J connectivity index is 2.01. The summed E-state index contributed by atoms with van der Waals surface area (Å²) >= 11 is 0. The molecule has 2 heterocycles. The molecule has 27 heavy (non-hydrogen) atoms. The highest BCUT2D eigenvalue weighted by molar-refractivity contribution is 5.81. The normalized spacial score (nSPS) is 10.9. The van der Waals surface area contributed by atoms with Gasteiger partial charge in [-0.15, -0.1) is 0 Å². The standard InChI is InChI=1S/C22H18N4O/c1-13-4-8-17(9-5-13)19-15(3)25-26-21(19)24-20(14(2)22(26)27)18-10-6-16(12-23)7-11-18/h4-11,24H,1-3H3. The maximum absolute atomic E-state index is 12.9. The van der Waals surface area contributed by atoms with Crippen LogP contribution in [0.25, 0.3) is 28.0 Å². The Morgan fingerprint density at radius 2 is 1.59 bits per heavy atom. The third-order valence-electron chi connectivity index (χ3n) is 4.83. The SMILES string of the molecule is Cc1ccc(-c2c(C)nn3c(=O)c(C)c(-c4ccc(C#N)cc4)[nH]c23)cc1. The molecule has 0 radical (unpaired) electrons. The lowest BCUT2D eigenvalue weighted by atomic mass is 10.0. The maximum atomic E-state index is 12.9. The highest BCUT2D eigenvalue weighted by atomic mass is 16.1. The van der Waals surface area contributed by atoms with Crippen LogP contribution in [0.5, 0.6) is 0 Å². The van der Waals surface area contributed by atoms with Gasteiger partial charge in [-0.05, 0) is 44.0 Å². The average Bonchev–Trinajstić information content (AvgIpc) is 3.02. The molecule has 5 heteroatoms. The molecule has 0 saturated carbocycles. The Morgan fingerprint density at radius 1 is 0.963 bits per heavy atom. The van der Waals surface area contributed by atoms with Gasteiger partial charge in [0, 0.05) is 11.1 Å². The van der Waals surface area contributed by atoms with Crippen LogP contribution in [-0.2, 0) is 0 Å². The van der Waals surface area contributed by atoms with Crippen LogP contribution in [0.2, 0.25) is 0 Å². The fourth-order valence-electron chi connectivity index (χ4n) is 3.33. The average molecular weight is 354 g/mol. The van der Waals surface area contributed by atoms with E-state index in [1.165, 1.54) is 10.1 Å². The van der Waals surface area contributed by atoms with E-state index in [0.717, 1.165) is 28.1 Å². The summed E-state index contributed by atoms with van der Waals surface area (Å²) in [6.07, 6.45) is 0. The summed E-state index contributed by atoms with van der Waals surface area (Å²) < 4.78 is 1.44. The first kappa shape index (κ1) is 16.8. The largest absolute Gasteiger partial charge is 0.339 e. The molecule has 132 valence electrons. The number of hydrogen-bond acceptors (Lipinski definition) is 3. The molecule has 0 spiro atoms. The Morgan fingerprint density at radius 3 is 2.22 bits per heavy atom. The fourth-order valence-corrected chi connectivity index (χ4v) is 3.33. The van der Waals surface area contributed by atoms with Crippen molar-refractivity contribution in [1.29, 1.82) is 5.26 Å². The third kappa shape index (κ3) is 2.72. The molecule has 2 aromatic carbocycles.